The monoisotopic (exact) mass is 294 g/mol. The molecule has 0 saturated heterocycles. The van der Waals surface area contributed by atoms with Crippen molar-refractivity contribution in [1.82, 2.24) is 0 Å². The summed E-state index contributed by atoms with van der Waals surface area (Å²) in [6.07, 6.45) is 6.14. The Morgan fingerprint density at radius 3 is 1.86 bits per heavy atom. The smallest absolute Gasteiger partial charge is 0.162 e. The lowest BCUT2D eigenvalue weighted by molar-refractivity contribution is 0.0982. The van der Waals surface area contributed by atoms with E-state index >= 15 is 0 Å². The number of hydrogen-bond acceptors (Lipinski definition) is 1. The molecule has 2 aromatic carbocycles. The molecule has 0 aliphatic heterocycles. The Labute approximate surface area is 134 Å². The number of hydrogen-bond donors (Lipinski definition) is 0. The summed E-state index contributed by atoms with van der Waals surface area (Å²) in [5.41, 5.74) is 4.84. The lowest BCUT2D eigenvalue weighted by Gasteiger charge is -2.06. The number of Topliss-reactive ketones (excluding diaryl/α,β-unsaturated/α-hetero) is 1. The predicted molar refractivity (Wildman–Crippen MR) is 93.5 cm³/mol. The van der Waals surface area contributed by atoms with E-state index in [4.69, 9.17) is 0 Å². The van der Waals surface area contributed by atoms with E-state index in [1.165, 1.54) is 36.0 Å². The SMILES string of the molecule is CCCCc1ccc(Cc2ccc(C(=O)CCC)cc2)cc1. The van der Waals surface area contributed by atoms with Crippen molar-refractivity contribution in [2.45, 2.75) is 52.4 Å². The molecule has 0 bridgehead atoms. The Morgan fingerprint density at radius 2 is 1.32 bits per heavy atom. The van der Waals surface area contributed by atoms with Crippen LogP contribution in [-0.4, -0.2) is 5.78 Å². The van der Waals surface area contributed by atoms with Gasteiger partial charge in [-0.3, -0.25) is 4.79 Å². The van der Waals surface area contributed by atoms with E-state index in [9.17, 15) is 4.79 Å². The second-order valence-corrected chi connectivity index (χ2v) is 5.97. The van der Waals surface area contributed by atoms with E-state index in [0.717, 1.165) is 18.4 Å². The number of unbranched alkanes of at least 4 members (excludes halogenated alkanes) is 1. The highest BCUT2D eigenvalue weighted by Crippen LogP contribution is 2.14. The quantitative estimate of drug-likeness (QED) is 0.579. The fourth-order valence-electron chi connectivity index (χ4n) is 2.62. The fraction of sp³-hybridized carbons (Fsp3) is 0.381. The molecular weight excluding hydrogens is 268 g/mol. The number of ketones is 1. The van der Waals surface area contributed by atoms with Gasteiger partial charge >= 0.3 is 0 Å². The summed E-state index contributed by atoms with van der Waals surface area (Å²) in [5, 5.41) is 0. The maximum Gasteiger partial charge on any atom is 0.162 e. The van der Waals surface area contributed by atoms with Crippen LogP contribution in [0.2, 0.25) is 0 Å². The molecule has 1 nitrogen and oxygen atoms in total. The first-order chi connectivity index (χ1) is 10.7. The second kappa shape index (κ2) is 8.53. The van der Waals surface area contributed by atoms with Crippen molar-refractivity contribution in [2.75, 3.05) is 0 Å². The van der Waals surface area contributed by atoms with Crippen molar-refractivity contribution < 1.29 is 4.79 Å². The zero-order valence-electron chi connectivity index (χ0n) is 13.8. The van der Waals surface area contributed by atoms with Crippen LogP contribution in [0.15, 0.2) is 48.5 Å². The molecule has 0 amide bonds. The van der Waals surface area contributed by atoms with Gasteiger partial charge in [0.25, 0.3) is 0 Å². The molecule has 0 fully saturated rings. The molecule has 0 unspecified atom stereocenters. The Bertz CT molecular complexity index is 578. The minimum atomic E-state index is 0.245. The maximum atomic E-state index is 11.8. The molecule has 0 saturated carbocycles. The predicted octanol–water partition coefficient (Wildman–Crippen LogP) is 5.60. The molecule has 0 aromatic heterocycles. The molecule has 22 heavy (non-hydrogen) atoms. The van der Waals surface area contributed by atoms with Crippen LogP contribution in [0.1, 0.15) is 66.6 Å². The topological polar surface area (TPSA) is 17.1 Å². The van der Waals surface area contributed by atoms with Gasteiger partial charge in [-0.15, -0.1) is 0 Å². The van der Waals surface area contributed by atoms with Gasteiger partial charge in [0.1, 0.15) is 0 Å². The van der Waals surface area contributed by atoms with Crippen molar-refractivity contribution in [3.63, 3.8) is 0 Å². The van der Waals surface area contributed by atoms with Gasteiger partial charge in [0.2, 0.25) is 0 Å². The Balaban J connectivity index is 1.97. The molecule has 0 aliphatic rings. The normalized spacial score (nSPS) is 10.6. The van der Waals surface area contributed by atoms with Gasteiger partial charge in [-0.05, 0) is 42.4 Å². The van der Waals surface area contributed by atoms with Gasteiger partial charge in [0, 0.05) is 12.0 Å². The van der Waals surface area contributed by atoms with Crippen LogP contribution in [0.3, 0.4) is 0 Å². The molecule has 116 valence electrons. The Morgan fingerprint density at radius 1 is 0.773 bits per heavy atom. The highest BCUT2D eigenvalue weighted by atomic mass is 16.1. The first kappa shape index (κ1) is 16.5. The van der Waals surface area contributed by atoms with Gasteiger partial charge in [0.15, 0.2) is 5.78 Å². The molecule has 2 aromatic rings. The highest BCUT2D eigenvalue weighted by molar-refractivity contribution is 5.96. The molecule has 0 heterocycles. The summed E-state index contributed by atoms with van der Waals surface area (Å²) in [5.74, 6) is 0.245. The van der Waals surface area contributed by atoms with E-state index < -0.39 is 0 Å². The lowest BCUT2D eigenvalue weighted by Crippen LogP contribution is -1.98. The summed E-state index contributed by atoms with van der Waals surface area (Å²) in [6, 6.07) is 17.0. The van der Waals surface area contributed by atoms with Gasteiger partial charge < -0.3 is 0 Å². The maximum absolute atomic E-state index is 11.8. The van der Waals surface area contributed by atoms with Crippen LogP contribution in [0.5, 0.6) is 0 Å². The molecule has 0 spiro atoms. The molecule has 0 atom stereocenters. The van der Waals surface area contributed by atoms with Crippen molar-refractivity contribution in [3.8, 4) is 0 Å². The largest absolute Gasteiger partial charge is 0.294 e. The third-order valence-electron chi connectivity index (χ3n) is 4.00. The van der Waals surface area contributed by atoms with Gasteiger partial charge in [-0.25, -0.2) is 0 Å². The summed E-state index contributed by atoms with van der Waals surface area (Å²) < 4.78 is 0. The Kier molecular flexibility index (Phi) is 6.39. The zero-order valence-corrected chi connectivity index (χ0v) is 13.8. The van der Waals surface area contributed by atoms with Crippen LogP contribution in [0.25, 0.3) is 0 Å². The number of carbonyl (C=O) groups excluding carboxylic acids is 1. The average Bonchev–Trinajstić information content (AvgIpc) is 2.55. The van der Waals surface area contributed by atoms with Crippen molar-refractivity contribution in [1.29, 1.82) is 0 Å². The molecule has 0 radical (unpaired) electrons. The minimum absolute atomic E-state index is 0.245. The average molecular weight is 294 g/mol. The van der Waals surface area contributed by atoms with Crippen LogP contribution < -0.4 is 0 Å². The van der Waals surface area contributed by atoms with E-state index in [1.807, 2.05) is 19.1 Å². The van der Waals surface area contributed by atoms with Crippen molar-refractivity contribution in [2.24, 2.45) is 0 Å². The minimum Gasteiger partial charge on any atom is -0.294 e. The second-order valence-electron chi connectivity index (χ2n) is 5.97. The summed E-state index contributed by atoms with van der Waals surface area (Å²) in [6.45, 7) is 4.26. The lowest BCUT2D eigenvalue weighted by atomic mass is 9.99. The van der Waals surface area contributed by atoms with Crippen molar-refractivity contribution in [3.05, 3.63) is 70.8 Å². The first-order valence-electron chi connectivity index (χ1n) is 8.43. The van der Waals surface area contributed by atoms with Crippen LogP contribution >= 0.6 is 0 Å². The number of rotatable bonds is 8. The summed E-state index contributed by atoms with van der Waals surface area (Å²) >= 11 is 0. The molecule has 0 N–H and O–H groups in total. The molecular formula is C21H26O. The third kappa shape index (κ3) is 4.84. The Hall–Kier alpha value is -1.89. The number of aryl methyl sites for hydroxylation is 1. The zero-order chi connectivity index (χ0) is 15.8. The molecule has 1 heteroatoms. The summed E-state index contributed by atoms with van der Waals surface area (Å²) in [7, 11) is 0. The third-order valence-corrected chi connectivity index (χ3v) is 4.00. The van der Waals surface area contributed by atoms with Crippen LogP contribution in [0, 0.1) is 0 Å². The molecule has 0 aliphatic carbocycles. The number of benzene rings is 2. The van der Waals surface area contributed by atoms with E-state index in [-0.39, 0.29) is 5.78 Å². The van der Waals surface area contributed by atoms with E-state index in [2.05, 4.69) is 43.3 Å². The first-order valence-corrected chi connectivity index (χ1v) is 8.43. The summed E-state index contributed by atoms with van der Waals surface area (Å²) in [4.78, 5) is 11.8. The van der Waals surface area contributed by atoms with Gasteiger partial charge in [-0.2, -0.15) is 0 Å². The van der Waals surface area contributed by atoms with Crippen LogP contribution in [0.4, 0.5) is 0 Å². The number of carbonyl (C=O) groups is 1. The van der Waals surface area contributed by atoms with Gasteiger partial charge in [0.05, 0.1) is 0 Å². The van der Waals surface area contributed by atoms with Gasteiger partial charge in [-0.1, -0.05) is 68.8 Å². The van der Waals surface area contributed by atoms with E-state index in [0.29, 0.717) is 6.42 Å². The van der Waals surface area contributed by atoms with E-state index in [1.54, 1.807) is 0 Å². The molecule has 2 rings (SSSR count). The van der Waals surface area contributed by atoms with Crippen LogP contribution in [-0.2, 0) is 12.8 Å². The standard InChI is InChI=1S/C21H26O/c1-3-5-7-17-8-10-18(11-9-17)16-19-12-14-20(15-13-19)21(22)6-4-2/h8-15H,3-7,16H2,1-2H3. The van der Waals surface area contributed by atoms with Crippen molar-refractivity contribution >= 4 is 5.78 Å². The fourth-order valence-corrected chi connectivity index (χ4v) is 2.62. The highest BCUT2D eigenvalue weighted by Gasteiger charge is 2.04.